The van der Waals surface area contributed by atoms with Crippen molar-refractivity contribution >= 4 is 23.4 Å². The monoisotopic (exact) mass is 352 g/mol. The van der Waals surface area contributed by atoms with Crippen LogP contribution in [-0.4, -0.2) is 26.4 Å². The number of rotatable bonds is 5. The number of hydrogen-bond donors (Lipinski definition) is 1. The van der Waals surface area contributed by atoms with Crippen molar-refractivity contribution in [3.8, 4) is 5.69 Å². The predicted molar refractivity (Wildman–Crippen MR) is 101 cm³/mol. The molecule has 0 aliphatic rings. The maximum absolute atomic E-state index is 12.2. The molecule has 0 radical (unpaired) electrons. The average molecular weight is 352 g/mol. The standard InChI is InChI=1S/C19H20N4OS/c1-13-5-4-6-16(9-13)21-18(24)11-25-19-22-20-12-23(19)17-8-7-14(2)15(3)10-17/h4-10,12H,11H2,1-3H3,(H,21,24). The van der Waals surface area contributed by atoms with Crippen LogP contribution < -0.4 is 5.32 Å². The molecule has 3 rings (SSSR count). The molecule has 6 heteroatoms. The van der Waals surface area contributed by atoms with Gasteiger partial charge in [0.1, 0.15) is 6.33 Å². The first-order valence-electron chi connectivity index (χ1n) is 8.00. The summed E-state index contributed by atoms with van der Waals surface area (Å²) in [4.78, 5) is 12.2. The van der Waals surface area contributed by atoms with Crippen molar-refractivity contribution in [1.82, 2.24) is 14.8 Å². The van der Waals surface area contributed by atoms with Crippen molar-refractivity contribution in [3.05, 3.63) is 65.5 Å². The molecule has 0 unspecified atom stereocenters. The van der Waals surface area contributed by atoms with Crippen LogP contribution in [0.15, 0.2) is 53.9 Å². The molecule has 25 heavy (non-hydrogen) atoms. The van der Waals surface area contributed by atoms with Gasteiger partial charge in [-0.2, -0.15) is 0 Å². The van der Waals surface area contributed by atoms with Gasteiger partial charge in [0.2, 0.25) is 5.91 Å². The number of amides is 1. The highest BCUT2D eigenvalue weighted by molar-refractivity contribution is 7.99. The molecule has 0 atom stereocenters. The third kappa shape index (κ3) is 4.28. The van der Waals surface area contributed by atoms with E-state index >= 15 is 0 Å². The van der Waals surface area contributed by atoms with E-state index in [-0.39, 0.29) is 11.7 Å². The van der Waals surface area contributed by atoms with Gasteiger partial charge in [-0.3, -0.25) is 9.36 Å². The Bertz CT molecular complexity index is 904. The Morgan fingerprint density at radius 3 is 2.72 bits per heavy atom. The van der Waals surface area contributed by atoms with Crippen LogP contribution in [0.3, 0.4) is 0 Å². The third-order valence-electron chi connectivity index (χ3n) is 3.92. The minimum atomic E-state index is -0.0646. The van der Waals surface area contributed by atoms with Crippen molar-refractivity contribution < 1.29 is 4.79 Å². The molecule has 1 N–H and O–H groups in total. The lowest BCUT2D eigenvalue weighted by atomic mass is 10.1. The minimum Gasteiger partial charge on any atom is -0.325 e. The van der Waals surface area contributed by atoms with E-state index in [0.717, 1.165) is 16.9 Å². The third-order valence-corrected chi connectivity index (χ3v) is 4.86. The fourth-order valence-electron chi connectivity index (χ4n) is 2.43. The number of carbonyl (C=O) groups excluding carboxylic acids is 1. The molecule has 1 aromatic heterocycles. The van der Waals surface area contributed by atoms with Crippen LogP contribution in [0.5, 0.6) is 0 Å². The van der Waals surface area contributed by atoms with Crippen LogP contribution in [0.25, 0.3) is 5.69 Å². The topological polar surface area (TPSA) is 59.8 Å². The van der Waals surface area contributed by atoms with Gasteiger partial charge in [0.15, 0.2) is 5.16 Å². The summed E-state index contributed by atoms with van der Waals surface area (Å²) < 4.78 is 1.90. The second kappa shape index (κ2) is 7.53. The van der Waals surface area contributed by atoms with Gasteiger partial charge in [0.25, 0.3) is 0 Å². The number of thioether (sulfide) groups is 1. The molecule has 128 valence electrons. The fraction of sp³-hybridized carbons (Fsp3) is 0.211. The molecule has 0 saturated heterocycles. The summed E-state index contributed by atoms with van der Waals surface area (Å²) in [5.74, 6) is 0.211. The van der Waals surface area contributed by atoms with Gasteiger partial charge in [-0.15, -0.1) is 10.2 Å². The molecule has 0 bridgehead atoms. The maximum Gasteiger partial charge on any atom is 0.234 e. The molecule has 0 aliphatic heterocycles. The van der Waals surface area contributed by atoms with Crippen LogP contribution in [-0.2, 0) is 4.79 Å². The molecule has 0 fully saturated rings. The minimum absolute atomic E-state index is 0.0646. The summed E-state index contributed by atoms with van der Waals surface area (Å²) in [6, 6.07) is 13.9. The zero-order valence-corrected chi connectivity index (χ0v) is 15.3. The number of nitrogens with one attached hydrogen (secondary N) is 1. The van der Waals surface area contributed by atoms with E-state index in [1.54, 1.807) is 6.33 Å². The molecule has 0 saturated carbocycles. The van der Waals surface area contributed by atoms with Crippen LogP contribution in [0.2, 0.25) is 0 Å². The zero-order chi connectivity index (χ0) is 17.8. The smallest absolute Gasteiger partial charge is 0.234 e. The summed E-state index contributed by atoms with van der Waals surface area (Å²) in [5, 5.41) is 11.7. The van der Waals surface area contributed by atoms with Gasteiger partial charge in [-0.25, -0.2) is 0 Å². The number of benzene rings is 2. The van der Waals surface area contributed by atoms with Gasteiger partial charge in [-0.05, 0) is 61.7 Å². The first kappa shape index (κ1) is 17.2. The van der Waals surface area contributed by atoms with Crippen molar-refractivity contribution in [1.29, 1.82) is 0 Å². The van der Waals surface area contributed by atoms with Crippen molar-refractivity contribution in [2.75, 3.05) is 11.1 Å². The zero-order valence-electron chi connectivity index (χ0n) is 14.5. The van der Waals surface area contributed by atoms with E-state index in [4.69, 9.17) is 0 Å². The molecule has 5 nitrogen and oxygen atoms in total. The van der Waals surface area contributed by atoms with E-state index < -0.39 is 0 Å². The summed E-state index contributed by atoms with van der Waals surface area (Å²) in [7, 11) is 0. The second-order valence-corrected chi connectivity index (χ2v) is 6.90. The Hall–Kier alpha value is -2.60. The lowest BCUT2D eigenvalue weighted by molar-refractivity contribution is -0.113. The molecule has 0 aliphatic carbocycles. The largest absolute Gasteiger partial charge is 0.325 e. The summed E-state index contributed by atoms with van der Waals surface area (Å²) in [6.45, 7) is 6.15. The SMILES string of the molecule is Cc1cccc(NC(=O)CSc2nncn2-c2ccc(C)c(C)c2)c1. The van der Waals surface area contributed by atoms with E-state index in [1.807, 2.05) is 41.8 Å². The Kier molecular flexibility index (Phi) is 5.19. The predicted octanol–water partition coefficient (Wildman–Crippen LogP) is 3.92. The summed E-state index contributed by atoms with van der Waals surface area (Å²) >= 11 is 1.37. The number of anilines is 1. The normalized spacial score (nSPS) is 10.7. The molecule has 1 heterocycles. The first-order valence-corrected chi connectivity index (χ1v) is 8.98. The van der Waals surface area contributed by atoms with E-state index in [1.165, 1.54) is 22.9 Å². The Morgan fingerprint density at radius 1 is 1.12 bits per heavy atom. The Labute approximate surface area is 151 Å². The summed E-state index contributed by atoms with van der Waals surface area (Å²) in [5.41, 5.74) is 5.36. The molecular formula is C19H20N4OS. The number of carbonyl (C=O) groups is 1. The fourth-order valence-corrected chi connectivity index (χ4v) is 3.15. The number of hydrogen-bond acceptors (Lipinski definition) is 4. The van der Waals surface area contributed by atoms with Crippen molar-refractivity contribution in [2.24, 2.45) is 0 Å². The Balaban J connectivity index is 1.67. The molecule has 0 spiro atoms. The molecular weight excluding hydrogens is 332 g/mol. The number of aromatic nitrogens is 3. The first-order chi connectivity index (χ1) is 12.0. The van der Waals surface area contributed by atoms with Crippen LogP contribution in [0.4, 0.5) is 5.69 Å². The van der Waals surface area contributed by atoms with Crippen molar-refractivity contribution in [3.63, 3.8) is 0 Å². The summed E-state index contributed by atoms with van der Waals surface area (Å²) in [6.07, 6.45) is 1.67. The maximum atomic E-state index is 12.2. The van der Waals surface area contributed by atoms with Gasteiger partial charge in [-0.1, -0.05) is 30.0 Å². The Morgan fingerprint density at radius 2 is 1.96 bits per heavy atom. The molecule has 1 amide bonds. The number of aryl methyl sites for hydroxylation is 3. The highest BCUT2D eigenvalue weighted by Crippen LogP contribution is 2.21. The van der Waals surface area contributed by atoms with Gasteiger partial charge >= 0.3 is 0 Å². The van der Waals surface area contributed by atoms with Crippen LogP contribution in [0, 0.1) is 20.8 Å². The second-order valence-electron chi connectivity index (χ2n) is 5.96. The van der Waals surface area contributed by atoms with Crippen LogP contribution in [0.1, 0.15) is 16.7 Å². The van der Waals surface area contributed by atoms with Gasteiger partial charge in [0.05, 0.1) is 5.75 Å². The number of nitrogens with zero attached hydrogens (tertiary/aromatic N) is 3. The average Bonchev–Trinajstić information content (AvgIpc) is 3.04. The van der Waals surface area contributed by atoms with E-state index in [2.05, 4.69) is 41.5 Å². The van der Waals surface area contributed by atoms with E-state index in [9.17, 15) is 4.79 Å². The van der Waals surface area contributed by atoms with Gasteiger partial charge in [0, 0.05) is 11.4 Å². The molecule has 3 aromatic rings. The lowest BCUT2D eigenvalue weighted by Crippen LogP contribution is -2.14. The van der Waals surface area contributed by atoms with Gasteiger partial charge < -0.3 is 5.32 Å². The van der Waals surface area contributed by atoms with E-state index in [0.29, 0.717) is 5.16 Å². The highest BCUT2D eigenvalue weighted by atomic mass is 32.2. The lowest BCUT2D eigenvalue weighted by Gasteiger charge is -2.09. The molecule has 2 aromatic carbocycles. The highest BCUT2D eigenvalue weighted by Gasteiger charge is 2.11. The van der Waals surface area contributed by atoms with Crippen LogP contribution >= 0.6 is 11.8 Å². The quantitative estimate of drug-likeness (QED) is 0.707. The van der Waals surface area contributed by atoms with Crippen molar-refractivity contribution in [2.45, 2.75) is 25.9 Å².